The first kappa shape index (κ1) is 23.9. The van der Waals surface area contributed by atoms with Crippen molar-refractivity contribution in [1.82, 2.24) is 0 Å². The van der Waals surface area contributed by atoms with Crippen LogP contribution in [0.2, 0.25) is 0 Å². The van der Waals surface area contributed by atoms with Gasteiger partial charge in [-0.3, -0.25) is 0 Å². The third-order valence-corrected chi connectivity index (χ3v) is 8.70. The second-order valence-electron chi connectivity index (χ2n) is 8.45. The van der Waals surface area contributed by atoms with Gasteiger partial charge in [0.1, 0.15) is 11.5 Å². The molecule has 2 aromatic carbocycles. The molecule has 2 heterocycles. The highest BCUT2D eigenvalue weighted by Crippen LogP contribution is 2.43. The molecule has 0 radical (unpaired) electrons. The van der Waals surface area contributed by atoms with E-state index in [0.29, 0.717) is 11.5 Å². The molecule has 0 saturated carbocycles. The monoisotopic (exact) mass is 494 g/mol. The van der Waals surface area contributed by atoms with Gasteiger partial charge in [-0.1, -0.05) is 32.5 Å². The molecule has 4 rings (SSSR count). The number of aromatic hydroxyl groups is 2. The van der Waals surface area contributed by atoms with Crippen LogP contribution in [-0.2, 0) is 6.42 Å². The Morgan fingerprint density at radius 2 is 1.48 bits per heavy atom. The summed E-state index contributed by atoms with van der Waals surface area (Å²) in [5.74, 6) is 1.11. The van der Waals surface area contributed by atoms with E-state index in [-0.39, 0.29) is 11.8 Å². The van der Waals surface area contributed by atoms with E-state index in [1.54, 1.807) is 34.4 Å². The van der Waals surface area contributed by atoms with Crippen molar-refractivity contribution in [2.45, 2.75) is 62.2 Å². The molecule has 4 aromatic rings. The SMILES string of the molecule is CCc1cc(Sc2cc(C)c(O)c(C(C)c3ccsc3)c2)cc(C(CC)c2ccsc2)c1O. The third kappa shape index (κ3) is 5.01. The molecule has 2 unspecified atom stereocenters. The molecular formula is C28H30O2S3. The van der Waals surface area contributed by atoms with Gasteiger partial charge in [0, 0.05) is 32.8 Å². The van der Waals surface area contributed by atoms with E-state index < -0.39 is 0 Å². The summed E-state index contributed by atoms with van der Waals surface area (Å²) in [5, 5.41) is 30.3. The van der Waals surface area contributed by atoms with Gasteiger partial charge in [0.25, 0.3) is 0 Å². The van der Waals surface area contributed by atoms with Crippen LogP contribution in [0.4, 0.5) is 0 Å². The summed E-state index contributed by atoms with van der Waals surface area (Å²) in [4.78, 5) is 2.22. The molecule has 0 aliphatic heterocycles. The summed E-state index contributed by atoms with van der Waals surface area (Å²) < 4.78 is 0. The fraction of sp³-hybridized carbons (Fsp3) is 0.286. The zero-order chi connectivity index (χ0) is 23.5. The summed E-state index contributed by atoms with van der Waals surface area (Å²) in [7, 11) is 0. The molecular weight excluding hydrogens is 465 g/mol. The van der Waals surface area contributed by atoms with Crippen molar-refractivity contribution in [2.24, 2.45) is 0 Å². The molecule has 2 aromatic heterocycles. The van der Waals surface area contributed by atoms with Crippen LogP contribution < -0.4 is 0 Å². The fourth-order valence-electron chi connectivity index (χ4n) is 4.39. The van der Waals surface area contributed by atoms with Crippen molar-refractivity contribution in [3.8, 4) is 11.5 Å². The Kier molecular flexibility index (Phi) is 7.52. The van der Waals surface area contributed by atoms with Gasteiger partial charge < -0.3 is 10.2 Å². The second kappa shape index (κ2) is 10.4. The van der Waals surface area contributed by atoms with Crippen LogP contribution in [0.25, 0.3) is 0 Å². The Bertz CT molecular complexity index is 1210. The second-order valence-corrected chi connectivity index (χ2v) is 11.2. The number of hydrogen-bond acceptors (Lipinski definition) is 5. The van der Waals surface area contributed by atoms with Crippen LogP contribution in [-0.4, -0.2) is 10.2 Å². The van der Waals surface area contributed by atoms with Crippen molar-refractivity contribution in [3.05, 3.63) is 91.3 Å². The highest BCUT2D eigenvalue weighted by molar-refractivity contribution is 7.99. The number of aryl methyl sites for hydroxylation is 2. The number of thiophene rings is 2. The molecule has 33 heavy (non-hydrogen) atoms. The first-order valence-corrected chi connectivity index (χ1v) is 14.0. The molecule has 5 heteroatoms. The molecule has 0 amide bonds. The lowest BCUT2D eigenvalue weighted by Crippen LogP contribution is -2.01. The maximum Gasteiger partial charge on any atom is 0.122 e. The Labute approximate surface area is 209 Å². The van der Waals surface area contributed by atoms with Gasteiger partial charge in [0.05, 0.1) is 0 Å². The predicted molar refractivity (Wildman–Crippen MR) is 143 cm³/mol. The summed E-state index contributed by atoms with van der Waals surface area (Å²) in [6.07, 6.45) is 1.71. The van der Waals surface area contributed by atoms with Crippen LogP contribution >= 0.6 is 34.4 Å². The van der Waals surface area contributed by atoms with Crippen molar-refractivity contribution in [1.29, 1.82) is 0 Å². The number of rotatable bonds is 8. The lowest BCUT2D eigenvalue weighted by atomic mass is 9.88. The molecule has 2 N–H and O–H groups in total. The number of phenolic OH excluding ortho intramolecular Hbond substituents is 2. The van der Waals surface area contributed by atoms with Gasteiger partial charge in [0.15, 0.2) is 0 Å². The number of benzene rings is 2. The van der Waals surface area contributed by atoms with Crippen LogP contribution in [0, 0.1) is 6.92 Å². The molecule has 0 bridgehead atoms. The minimum absolute atomic E-state index is 0.125. The standard InChI is InChI=1S/C28H30O2S3/c1-5-19-12-23(14-26(28(19)30)24(6-2)21-8-10-32-16-21)33-22-11-17(3)27(29)25(13-22)18(4)20-7-9-31-15-20/h7-16,18,24,29-30H,5-6H2,1-4H3. The fourth-order valence-corrected chi connectivity index (χ4v) is 6.94. The summed E-state index contributed by atoms with van der Waals surface area (Å²) >= 11 is 5.08. The molecule has 0 fully saturated rings. The van der Waals surface area contributed by atoms with Gasteiger partial charge in [-0.25, -0.2) is 0 Å². The van der Waals surface area contributed by atoms with Crippen molar-refractivity contribution in [2.75, 3.05) is 0 Å². The van der Waals surface area contributed by atoms with E-state index in [1.807, 2.05) is 6.92 Å². The summed E-state index contributed by atoms with van der Waals surface area (Å²) in [6.45, 7) is 8.37. The maximum absolute atomic E-state index is 11.0. The lowest BCUT2D eigenvalue weighted by Gasteiger charge is -2.20. The van der Waals surface area contributed by atoms with Crippen LogP contribution in [0.3, 0.4) is 0 Å². The smallest absolute Gasteiger partial charge is 0.122 e. The minimum atomic E-state index is 0.125. The van der Waals surface area contributed by atoms with Crippen molar-refractivity contribution in [3.63, 3.8) is 0 Å². The van der Waals surface area contributed by atoms with E-state index in [4.69, 9.17) is 0 Å². The molecule has 0 aliphatic rings. The number of hydrogen-bond donors (Lipinski definition) is 2. The molecule has 172 valence electrons. The summed E-state index contributed by atoms with van der Waals surface area (Å²) in [5.41, 5.74) is 6.30. The van der Waals surface area contributed by atoms with E-state index >= 15 is 0 Å². The van der Waals surface area contributed by atoms with E-state index in [9.17, 15) is 10.2 Å². The zero-order valence-electron chi connectivity index (χ0n) is 19.5. The predicted octanol–water partition coefficient (Wildman–Crippen LogP) is 8.94. The van der Waals surface area contributed by atoms with Gasteiger partial charge >= 0.3 is 0 Å². The van der Waals surface area contributed by atoms with Crippen LogP contribution in [0.15, 0.2) is 67.7 Å². The molecule has 0 saturated heterocycles. The van der Waals surface area contributed by atoms with Gasteiger partial charge in [-0.15, -0.1) is 0 Å². The average molecular weight is 495 g/mol. The largest absolute Gasteiger partial charge is 0.507 e. The van der Waals surface area contributed by atoms with Crippen LogP contribution in [0.5, 0.6) is 11.5 Å². The van der Waals surface area contributed by atoms with E-state index in [1.165, 1.54) is 11.1 Å². The maximum atomic E-state index is 11.0. The highest BCUT2D eigenvalue weighted by Gasteiger charge is 2.21. The molecule has 0 spiro atoms. The Morgan fingerprint density at radius 1 is 0.848 bits per heavy atom. The minimum Gasteiger partial charge on any atom is -0.507 e. The first-order chi connectivity index (χ1) is 15.9. The van der Waals surface area contributed by atoms with Gasteiger partial charge in [-0.05, 0) is 99.9 Å². The quantitative estimate of drug-likeness (QED) is 0.257. The molecule has 0 aliphatic carbocycles. The molecule has 2 nitrogen and oxygen atoms in total. The Morgan fingerprint density at radius 3 is 2.09 bits per heavy atom. The lowest BCUT2D eigenvalue weighted by molar-refractivity contribution is 0.456. The average Bonchev–Trinajstić information content (AvgIpc) is 3.53. The Hall–Kier alpha value is -2.21. The van der Waals surface area contributed by atoms with Crippen molar-refractivity contribution < 1.29 is 10.2 Å². The first-order valence-electron chi connectivity index (χ1n) is 11.3. The summed E-state index contributed by atoms with van der Waals surface area (Å²) in [6, 6.07) is 12.7. The normalized spacial score (nSPS) is 13.2. The van der Waals surface area contributed by atoms with E-state index in [0.717, 1.165) is 44.9 Å². The third-order valence-electron chi connectivity index (χ3n) is 6.35. The van der Waals surface area contributed by atoms with Crippen molar-refractivity contribution >= 4 is 34.4 Å². The van der Waals surface area contributed by atoms with E-state index in [2.05, 4.69) is 78.7 Å². The van der Waals surface area contributed by atoms with Crippen LogP contribution in [0.1, 0.15) is 72.4 Å². The highest BCUT2D eigenvalue weighted by atomic mass is 32.2. The van der Waals surface area contributed by atoms with Gasteiger partial charge in [0.2, 0.25) is 0 Å². The zero-order valence-corrected chi connectivity index (χ0v) is 21.9. The molecule has 2 atom stereocenters. The Balaban J connectivity index is 1.73. The topological polar surface area (TPSA) is 40.5 Å². The number of phenols is 2. The van der Waals surface area contributed by atoms with Gasteiger partial charge in [-0.2, -0.15) is 22.7 Å².